The number of aliphatic carboxylic acids is 1. The van der Waals surface area contributed by atoms with Crippen molar-refractivity contribution in [3.05, 3.63) is 29.8 Å². The van der Waals surface area contributed by atoms with Gasteiger partial charge in [-0.05, 0) is 24.6 Å². The summed E-state index contributed by atoms with van der Waals surface area (Å²) in [4.78, 5) is 12.4. The second kappa shape index (κ2) is 7.36. The van der Waals surface area contributed by atoms with Crippen LogP contribution in [0.1, 0.15) is 12.5 Å². The Kier molecular flexibility index (Phi) is 5.75. The molecular weight excluding hydrogens is 230 g/mol. The van der Waals surface area contributed by atoms with Gasteiger partial charge in [0.2, 0.25) is 0 Å². The standard InChI is InChI=1S/C14H17NO3/c1-3-8-15(11-14(16)17)10-12-6-5-7-13(9-12)18-4-2/h1,5-7,9H,4,8,10-11H2,2H3,(H,16,17). The summed E-state index contributed by atoms with van der Waals surface area (Å²) in [6, 6.07) is 7.58. The lowest BCUT2D eigenvalue weighted by atomic mass is 10.2. The summed E-state index contributed by atoms with van der Waals surface area (Å²) in [6.07, 6.45) is 5.23. The molecule has 0 fully saturated rings. The minimum absolute atomic E-state index is 0.0664. The molecule has 0 aromatic heterocycles. The zero-order valence-corrected chi connectivity index (χ0v) is 10.4. The van der Waals surface area contributed by atoms with Crippen LogP contribution in [0.15, 0.2) is 24.3 Å². The third-order valence-electron chi connectivity index (χ3n) is 2.29. The normalized spacial score (nSPS) is 10.1. The molecule has 0 saturated carbocycles. The monoisotopic (exact) mass is 247 g/mol. The Morgan fingerprint density at radius 1 is 1.56 bits per heavy atom. The van der Waals surface area contributed by atoms with E-state index < -0.39 is 5.97 Å². The largest absolute Gasteiger partial charge is 0.494 e. The fourth-order valence-corrected chi connectivity index (χ4v) is 1.65. The van der Waals surface area contributed by atoms with Gasteiger partial charge in [0.15, 0.2) is 0 Å². The maximum atomic E-state index is 10.7. The molecule has 4 heteroatoms. The minimum Gasteiger partial charge on any atom is -0.494 e. The molecule has 0 aliphatic heterocycles. The predicted octanol–water partition coefficient (Wildman–Crippen LogP) is 1.61. The molecule has 0 radical (unpaired) electrons. The summed E-state index contributed by atoms with van der Waals surface area (Å²) < 4.78 is 5.39. The van der Waals surface area contributed by atoms with Crippen LogP contribution in [0.5, 0.6) is 5.75 Å². The summed E-state index contributed by atoms with van der Waals surface area (Å²) in [5.74, 6) is 2.36. The molecule has 18 heavy (non-hydrogen) atoms. The lowest BCUT2D eigenvalue weighted by Gasteiger charge is -2.17. The van der Waals surface area contributed by atoms with Crippen molar-refractivity contribution in [1.82, 2.24) is 4.90 Å². The molecule has 1 rings (SSSR count). The van der Waals surface area contributed by atoms with E-state index in [0.717, 1.165) is 11.3 Å². The van der Waals surface area contributed by atoms with E-state index in [1.807, 2.05) is 31.2 Å². The summed E-state index contributed by atoms with van der Waals surface area (Å²) in [5.41, 5.74) is 0.984. The van der Waals surface area contributed by atoms with Gasteiger partial charge >= 0.3 is 5.97 Å². The quantitative estimate of drug-likeness (QED) is 0.744. The molecule has 1 N–H and O–H groups in total. The second-order valence-electron chi connectivity index (χ2n) is 3.82. The summed E-state index contributed by atoms with van der Waals surface area (Å²) in [5, 5.41) is 8.79. The van der Waals surface area contributed by atoms with Crippen molar-refractivity contribution >= 4 is 5.97 Å². The Morgan fingerprint density at radius 2 is 2.33 bits per heavy atom. The van der Waals surface area contributed by atoms with Gasteiger partial charge < -0.3 is 9.84 Å². The zero-order valence-electron chi connectivity index (χ0n) is 10.4. The first kappa shape index (κ1) is 14.1. The Hall–Kier alpha value is -1.99. The number of carbonyl (C=O) groups is 1. The first-order valence-corrected chi connectivity index (χ1v) is 5.75. The van der Waals surface area contributed by atoms with Gasteiger partial charge in [0.25, 0.3) is 0 Å². The molecule has 0 spiro atoms. The Labute approximate surface area is 107 Å². The van der Waals surface area contributed by atoms with Crippen molar-refractivity contribution in [1.29, 1.82) is 0 Å². The molecule has 0 saturated heterocycles. The van der Waals surface area contributed by atoms with Gasteiger partial charge in [0.1, 0.15) is 5.75 Å². The molecule has 1 aromatic rings. The van der Waals surface area contributed by atoms with Crippen molar-refractivity contribution in [2.45, 2.75) is 13.5 Å². The average Bonchev–Trinajstić information content (AvgIpc) is 2.29. The molecule has 0 aliphatic rings. The number of hydrogen-bond donors (Lipinski definition) is 1. The summed E-state index contributed by atoms with van der Waals surface area (Å²) in [6.45, 7) is 3.26. The number of hydrogen-bond acceptors (Lipinski definition) is 3. The van der Waals surface area contributed by atoms with E-state index in [1.165, 1.54) is 0 Å². The lowest BCUT2D eigenvalue weighted by molar-refractivity contribution is -0.138. The van der Waals surface area contributed by atoms with E-state index in [-0.39, 0.29) is 6.54 Å². The van der Waals surface area contributed by atoms with Crippen LogP contribution in [0, 0.1) is 12.3 Å². The van der Waals surface area contributed by atoms with Crippen LogP contribution in [-0.4, -0.2) is 35.7 Å². The van der Waals surface area contributed by atoms with Crippen molar-refractivity contribution in [3.8, 4) is 18.1 Å². The van der Waals surface area contributed by atoms with Crippen molar-refractivity contribution in [3.63, 3.8) is 0 Å². The number of carboxylic acids is 1. The highest BCUT2D eigenvalue weighted by Crippen LogP contribution is 2.14. The predicted molar refractivity (Wildman–Crippen MR) is 69.4 cm³/mol. The second-order valence-corrected chi connectivity index (χ2v) is 3.82. The third-order valence-corrected chi connectivity index (χ3v) is 2.29. The molecule has 0 unspecified atom stereocenters. The molecule has 0 heterocycles. The van der Waals surface area contributed by atoms with Crippen LogP contribution in [0.2, 0.25) is 0 Å². The summed E-state index contributed by atoms with van der Waals surface area (Å²) in [7, 11) is 0. The molecule has 0 aliphatic carbocycles. The molecule has 96 valence electrons. The fraction of sp³-hybridized carbons (Fsp3) is 0.357. The van der Waals surface area contributed by atoms with E-state index in [1.54, 1.807) is 4.90 Å². The van der Waals surface area contributed by atoms with E-state index in [9.17, 15) is 4.79 Å². The number of terminal acetylenes is 1. The van der Waals surface area contributed by atoms with Gasteiger partial charge in [0.05, 0.1) is 19.7 Å². The van der Waals surface area contributed by atoms with E-state index in [4.69, 9.17) is 16.3 Å². The zero-order chi connectivity index (χ0) is 13.4. The maximum Gasteiger partial charge on any atom is 0.317 e. The van der Waals surface area contributed by atoms with E-state index in [2.05, 4.69) is 5.92 Å². The van der Waals surface area contributed by atoms with Gasteiger partial charge in [-0.25, -0.2) is 0 Å². The molecule has 0 bridgehead atoms. The van der Waals surface area contributed by atoms with Gasteiger partial charge in [-0.2, -0.15) is 0 Å². The molecule has 0 amide bonds. The van der Waals surface area contributed by atoms with E-state index >= 15 is 0 Å². The summed E-state index contributed by atoms with van der Waals surface area (Å²) >= 11 is 0. The highest BCUT2D eigenvalue weighted by Gasteiger charge is 2.09. The average molecular weight is 247 g/mol. The van der Waals surface area contributed by atoms with Crippen molar-refractivity contribution in [2.75, 3.05) is 19.7 Å². The number of carboxylic acid groups (broad SMARTS) is 1. The number of rotatable bonds is 7. The number of nitrogens with zero attached hydrogens (tertiary/aromatic N) is 1. The Morgan fingerprint density at radius 3 is 2.94 bits per heavy atom. The van der Waals surface area contributed by atoms with Crippen molar-refractivity contribution < 1.29 is 14.6 Å². The maximum absolute atomic E-state index is 10.7. The molecule has 4 nitrogen and oxygen atoms in total. The molecular formula is C14H17NO3. The SMILES string of the molecule is C#CCN(CC(=O)O)Cc1cccc(OCC)c1. The van der Waals surface area contributed by atoms with Gasteiger partial charge in [-0.3, -0.25) is 9.69 Å². The topological polar surface area (TPSA) is 49.8 Å². The first-order chi connectivity index (χ1) is 8.65. The van der Waals surface area contributed by atoms with Crippen molar-refractivity contribution in [2.24, 2.45) is 0 Å². The van der Waals surface area contributed by atoms with Gasteiger partial charge in [-0.15, -0.1) is 6.42 Å². The fourth-order valence-electron chi connectivity index (χ4n) is 1.65. The smallest absolute Gasteiger partial charge is 0.317 e. The third kappa shape index (κ3) is 4.89. The molecule has 0 atom stereocenters. The lowest BCUT2D eigenvalue weighted by Crippen LogP contribution is -2.29. The molecule has 1 aromatic carbocycles. The van der Waals surface area contributed by atoms with Crippen LogP contribution in [0.25, 0.3) is 0 Å². The van der Waals surface area contributed by atoms with Crippen LogP contribution in [0.4, 0.5) is 0 Å². The van der Waals surface area contributed by atoms with Crippen LogP contribution >= 0.6 is 0 Å². The highest BCUT2D eigenvalue weighted by atomic mass is 16.5. The van der Waals surface area contributed by atoms with E-state index in [0.29, 0.717) is 19.7 Å². The number of ether oxygens (including phenoxy) is 1. The number of benzene rings is 1. The Bertz CT molecular complexity index is 437. The van der Waals surface area contributed by atoms with Crippen LogP contribution in [0.3, 0.4) is 0 Å². The minimum atomic E-state index is -0.883. The van der Waals surface area contributed by atoms with Crippen LogP contribution in [-0.2, 0) is 11.3 Å². The Balaban J connectivity index is 2.70. The first-order valence-electron chi connectivity index (χ1n) is 5.75. The van der Waals surface area contributed by atoms with Gasteiger partial charge in [0, 0.05) is 6.54 Å². The highest BCUT2D eigenvalue weighted by molar-refractivity contribution is 5.69. The van der Waals surface area contributed by atoms with Gasteiger partial charge in [-0.1, -0.05) is 18.1 Å². The van der Waals surface area contributed by atoms with Crippen LogP contribution < -0.4 is 4.74 Å².